The first-order chi connectivity index (χ1) is 19.4. The van der Waals surface area contributed by atoms with Crippen LogP contribution in [0.1, 0.15) is 44.0 Å². The zero-order valence-corrected chi connectivity index (χ0v) is 24.5. The molecule has 0 unspecified atom stereocenters. The molecule has 0 saturated carbocycles. The largest absolute Gasteiger partial charge is 0.497 e. The Morgan fingerprint density at radius 1 is 1.17 bits per heavy atom. The van der Waals surface area contributed by atoms with Crippen LogP contribution >= 0.6 is 11.3 Å². The molecule has 3 N–H and O–H groups in total. The lowest BCUT2D eigenvalue weighted by atomic mass is 10.1. The van der Waals surface area contributed by atoms with Crippen molar-refractivity contribution in [2.45, 2.75) is 32.4 Å². The Morgan fingerprint density at radius 3 is 2.51 bits per heavy atom. The van der Waals surface area contributed by atoms with Crippen LogP contribution in [0.4, 0.5) is 4.39 Å². The molecule has 14 heteroatoms. The highest BCUT2D eigenvalue weighted by Gasteiger charge is 2.27. The van der Waals surface area contributed by atoms with E-state index >= 15 is 0 Å². The Morgan fingerprint density at radius 2 is 1.88 bits per heavy atom. The van der Waals surface area contributed by atoms with Crippen molar-refractivity contribution in [1.82, 2.24) is 18.9 Å². The Kier molecular flexibility index (Phi) is 11.3. The predicted octanol–water partition coefficient (Wildman–Crippen LogP) is 2.19. The number of nitrogens with zero attached hydrogens (tertiary/aromatic N) is 3. The van der Waals surface area contributed by atoms with Gasteiger partial charge in [0.05, 0.1) is 20.3 Å². The van der Waals surface area contributed by atoms with Crippen molar-refractivity contribution in [3.05, 3.63) is 81.1 Å². The molecular weight excluding hydrogens is 575 g/mol. The van der Waals surface area contributed by atoms with Gasteiger partial charge >= 0.3 is 10.2 Å². The van der Waals surface area contributed by atoms with Crippen LogP contribution in [0, 0.1) is 12.7 Å². The fourth-order valence-corrected chi connectivity index (χ4v) is 5.69. The number of thiazole rings is 1. The summed E-state index contributed by atoms with van der Waals surface area (Å²) < 4.78 is 46.2. The second kappa shape index (κ2) is 14.5. The first-order valence-corrected chi connectivity index (χ1v) is 14.9. The van der Waals surface area contributed by atoms with Gasteiger partial charge in [0.1, 0.15) is 22.3 Å². The molecule has 0 radical (unpaired) electrons. The average Bonchev–Trinajstić information content (AvgIpc) is 3.31. The smallest absolute Gasteiger partial charge is 0.303 e. The highest BCUT2D eigenvalue weighted by molar-refractivity contribution is 7.87. The molecule has 41 heavy (non-hydrogen) atoms. The number of carbonyl (C=O) groups is 2. The van der Waals surface area contributed by atoms with E-state index in [9.17, 15) is 27.5 Å². The molecule has 0 aliphatic carbocycles. The van der Waals surface area contributed by atoms with E-state index in [0.29, 0.717) is 34.0 Å². The van der Waals surface area contributed by atoms with Gasteiger partial charge in [0, 0.05) is 25.0 Å². The van der Waals surface area contributed by atoms with Crippen LogP contribution in [0.2, 0.25) is 0 Å². The van der Waals surface area contributed by atoms with Gasteiger partial charge in [-0.3, -0.25) is 9.59 Å². The summed E-state index contributed by atoms with van der Waals surface area (Å²) in [5.74, 6) is -1.34. The number of hydrogen-bond donors (Lipinski definition) is 3. The van der Waals surface area contributed by atoms with Crippen molar-refractivity contribution >= 4 is 33.4 Å². The molecule has 1 atom stereocenters. The van der Waals surface area contributed by atoms with Crippen molar-refractivity contribution in [2.24, 2.45) is 0 Å². The van der Waals surface area contributed by atoms with Crippen LogP contribution in [0.3, 0.4) is 0 Å². The molecule has 222 valence electrons. The summed E-state index contributed by atoms with van der Waals surface area (Å²) in [6, 6.07) is 12.6. The number of halogens is 1. The number of aromatic nitrogens is 1. The number of carbonyl (C=O) groups excluding carboxylic acids is 2. The van der Waals surface area contributed by atoms with Gasteiger partial charge in [0.25, 0.3) is 11.8 Å². The summed E-state index contributed by atoms with van der Waals surface area (Å²) in [6.07, 6.45) is -0.548. The lowest BCUT2D eigenvalue weighted by Crippen LogP contribution is -2.42. The van der Waals surface area contributed by atoms with E-state index in [2.05, 4.69) is 4.98 Å². The van der Waals surface area contributed by atoms with Crippen LogP contribution in [-0.4, -0.2) is 78.5 Å². The normalized spacial score (nSPS) is 12.3. The molecule has 0 saturated heterocycles. The second-order valence-corrected chi connectivity index (χ2v) is 12.2. The van der Waals surface area contributed by atoms with Crippen molar-refractivity contribution < 1.29 is 37.3 Å². The number of aliphatic hydroxyl groups excluding tert-OH is 2. The molecule has 2 amide bonds. The highest BCUT2D eigenvalue weighted by Crippen LogP contribution is 2.24. The van der Waals surface area contributed by atoms with Crippen molar-refractivity contribution in [3.63, 3.8) is 0 Å². The van der Waals surface area contributed by atoms with Gasteiger partial charge in [-0.25, -0.2) is 14.1 Å². The molecule has 3 rings (SSSR count). The molecule has 0 aliphatic rings. The number of methoxy groups -OCH3 is 1. The number of aliphatic hydroxyl groups is 2. The van der Waals surface area contributed by atoms with Gasteiger partial charge in [-0.2, -0.15) is 12.7 Å². The third kappa shape index (κ3) is 8.78. The van der Waals surface area contributed by atoms with Crippen LogP contribution in [-0.2, 0) is 28.0 Å². The number of amides is 2. The lowest BCUT2D eigenvalue weighted by molar-refractivity contribution is -0.141. The maximum Gasteiger partial charge on any atom is 0.303 e. The second-order valence-electron chi connectivity index (χ2n) is 9.16. The molecule has 1 aromatic heterocycles. The Labute approximate surface area is 242 Å². The number of aryl methyl sites for hydroxylation is 2. The van der Waals surface area contributed by atoms with Crippen molar-refractivity contribution in [1.29, 1.82) is 0 Å². The van der Waals surface area contributed by atoms with Crippen molar-refractivity contribution in [3.8, 4) is 5.75 Å². The third-order valence-electron chi connectivity index (χ3n) is 6.19. The fourth-order valence-electron chi connectivity index (χ4n) is 3.93. The molecule has 0 fully saturated rings. The molecule has 0 spiro atoms. The molecular formula is C27H33FN4O7S2. The van der Waals surface area contributed by atoms with Gasteiger partial charge in [0.15, 0.2) is 6.10 Å². The van der Waals surface area contributed by atoms with E-state index in [1.54, 1.807) is 43.3 Å². The van der Waals surface area contributed by atoms with E-state index in [0.717, 1.165) is 21.2 Å². The minimum absolute atomic E-state index is 0.0504. The van der Waals surface area contributed by atoms with Gasteiger partial charge in [-0.05, 0) is 55.2 Å². The number of nitrogens with one attached hydrogen (secondary N) is 1. The molecule has 1 heterocycles. The van der Waals surface area contributed by atoms with E-state index in [1.165, 1.54) is 31.2 Å². The summed E-state index contributed by atoms with van der Waals surface area (Å²) in [5, 5.41) is 20.2. The topological polar surface area (TPSA) is 149 Å². The maximum absolute atomic E-state index is 13.6. The van der Waals surface area contributed by atoms with Gasteiger partial charge in [-0.15, -0.1) is 11.3 Å². The van der Waals surface area contributed by atoms with Gasteiger partial charge in [-0.1, -0.05) is 24.3 Å². The molecule has 2 aromatic carbocycles. The summed E-state index contributed by atoms with van der Waals surface area (Å²) in [6.45, 7) is 1.13. The maximum atomic E-state index is 13.6. The number of hydrogen-bond acceptors (Lipinski definition) is 9. The van der Waals surface area contributed by atoms with Crippen molar-refractivity contribution in [2.75, 3.05) is 33.9 Å². The Hall–Kier alpha value is -3.43. The Balaban J connectivity index is 1.80. The lowest BCUT2D eigenvalue weighted by Gasteiger charge is -2.25. The molecule has 11 nitrogen and oxygen atoms in total. The number of likely N-dealkylation sites (N-methyl/N-ethyl adjacent to an activating group) is 1. The summed E-state index contributed by atoms with van der Waals surface area (Å²) in [7, 11) is -1.48. The Bertz CT molecular complexity index is 1450. The first kappa shape index (κ1) is 32.1. The highest BCUT2D eigenvalue weighted by atomic mass is 32.2. The fraction of sp³-hybridized carbons (Fsp3) is 0.370. The molecule has 0 aliphatic heterocycles. The minimum Gasteiger partial charge on any atom is -0.497 e. The zero-order chi connectivity index (χ0) is 30.2. The predicted molar refractivity (Wildman–Crippen MR) is 151 cm³/mol. The first-order valence-electron chi connectivity index (χ1n) is 12.7. The van der Waals surface area contributed by atoms with E-state index in [1.807, 2.05) is 4.72 Å². The summed E-state index contributed by atoms with van der Waals surface area (Å²) in [4.78, 5) is 32.3. The van der Waals surface area contributed by atoms with Crippen LogP contribution < -0.4 is 9.46 Å². The average molecular weight is 609 g/mol. The van der Waals surface area contributed by atoms with E-state index < -0.39 is 34.7 Å². The quantitative estimate of drug-likeness (QED) is 0.252. The van der Waals surface area contributed by atoms with Crippen LogP contribution in [0.15, 0.2) is 48.5 Å². The monoisotopic (exact) mass is 608 g/mol. The standard InChI is InChI=1S/C27H33FN4O7S2/c1-18-24(26(35)30-41(37,38)31(2)14-15-33)29-23(40-18)17-32(13-5-7-19-6-4-8-21(28)16-19)27(36)25(34)20-9-11-22(39-3)12-10-20/h4,6,8-12,16,25,33-34H,5,7,13-15,17H2,1-3H3,(H,30,35)/t25-/m1/s1. The number of benzene rings is 2. The SMILES string of the molecule is COc1ccc([C@@H](O)C(=O)N(CCCc2cccc(F)c2)Cc2nc(C(=O)NS(=O)(=O)N(C)CCO)c(C)s2)cc1. The van der Waals surface area contributed by atoms with Crippen LogP contribution in [0.5, 0.6) is 5.75 Å². The third-order valence-corrected chi connectivity index (χ3v) is 8.59. The summed E-state index contributed by atoms with van der Waals surface area (Å²) >= 11 is 1.12. The number of ether oxygens (including phenoxy) is 1. The van der Waals surface area contributed by atoms with E-state index in [-0.39, 0.29) is 31.1 Å². The van der Waals surface area contributed by atoms with Crippen LogP contribution in [0.25, 0.3) is 0 Å². The zero-order valence-electron chi connectivity index (χ0n) is 22.9. The minimum atomic E-state index is -4.20. The molecule has 3 aromatic rings. The van der Waals surface area contributed by atoms with E-state index in [4.69, 9.17) is 9.84 Å². The summed E-state index contributed by atoms with van der Waals surface area (Å²) in [5.41, 5.74) is 0.997. The number of rotatable bonds is 14. The van der Waals surface area contributed by atoms with Gasteiger partial charge < -0.3 is 19.8 Å². The van der Waals surface area contributed by atoms with Gasteiger partial charge in [0.2, 0.25) is 0 Å². The molecule has 0 bridgehead atoms.